The topological polar surface area (TPSA) is 37.3 Å². The molecule has 0 unspecified atom stereocenters. The molecule has 0 radical (unpaired) electrons. The van der Waals surface area contributed by atoms with Crippen molar-refractivity contribution in [1.29, 1.82) is 0 Å². The van der Waals surface area contributed by atoms with E-state index < -0.39 is 5.97 Å². The third kappa shape index (κ3) is 4.94. The van der Waals surface area contributed by atoms with Gasteiger partial charge >= 0.3 is 5.97 Å². The molecular formula is C10H18O2. The molecule has 12 heavy (non-hydrogen) atoms. The highest BCUT2D eigenvalue weighted by molar-refractivity contribution is 5.69. The van der Waals surface area contributed by atoms with Gasteiger partial charge in [-0.05, 0) is 19.8 Å². The molecule has 2 heteroatoms. The zero-order chi connectivity index (χ0) is 9.56. The number of carboxylic acids is 1. The third-order valence-corrected chi connectivity index (χ3v) is 1.89. The summed E-state index contributed by atoms with van der Waals surface area (Å²) in [6.45, 7) is 5.91. The first-order valence-electron chi connectivity index (χ1n) is 4.46. The van der Waals surface area contributed by atoms with E-state index in [1.807, 2.05) is 6.08 Å². The van der Waals surface area contributed by atoms with Gasteiger partial charge in [-0.3, -0.25) is 4.79 Å². The van der Waals surface area contributed by atoms with E-state index in [0.717, 1.165) is 12.8 Å². The Balaban J connectivity index is 3.78. The van der Waals surface area contributed by atoms with Crippen LogP contribution in [-0.4, -0.2) is 11.1 Å². The maximum Gasteiger partial charge on any atom is 0.306 e. The van der Waals surface area contributed by atoms with Crippen LogP contribution in [0.5, 0.6) is 0 Å². The van der Waals surface area contributed by atoms with Gasteiger partial charge in [0.25, 0.3) is 0 Å². The Morgan fingerprint density at radius 2 is 2.17 bits per heavy atom. The van der Waals surface area contributed by atoms with Crippen LogP contribution in [0.25, 0.3) is 0 Å². The van der Waals surface area contributed by atoms with E-state index in [1.165, 1.54) is 5.57 Å². The Labute approximate surface area is 74.3 Å². The molecule has 0 aromatic carbocycles. The maximum absolute atomic E-state index is 10.4. The van der Waals surface area contributed by atoms with Crippen LogP contribution >= 0.6 is 0 Å². The molecular weight excluding hydrogens is 152 g/mol. The minimum atomic E-state index is -0.712. The van der Waals surface area contributed by atoms with Crippen LogP contribution in [0, 0.1) is 5.92 Å². The van der Waals surface area contributed by atoms with Gasteiger partial charge in [0.1, 0.15) is 0 Å². The van der Waals surface area contributed by atoms with E-state index in [-0.39, 0.29) is 5.92 Å². The Morgan fingerprint density at radius 1 is 1.58 bits per heavy atom. The van der Waals surface area contributed by atoms with Crippen molar-refractivity contribution < 1.29 is 9.90 Å². The van der Waals surface area contributed by atoms with Gasteiger partial charge in [0.05, 0.1) is 5.92 Å². The first-order chi connectivity index (χ1) is 5.57. The molecule has 1 atom stereocenters. The van der Waals surface area contributed by atoms with Gasteiger partial charge in [-0.2, -0.15) is 0 Å². The third-order valence-electron chi connectivity index (χ3n) is 1.89. The molecule has 0 heterocycles. The molecule has 0 saturated heterocycles. The average molecular weight is 170 g/mol. The van der Waals surface area contributed by atoms with Crippen LogP contribution in [0.3, 0.4) is 0 Å². The van der Waals surface area contributed by atoms with E-state index in [2.05, 4.69) is 13.8 Å². The van der Waals surface area contributed by atoms with Gasteiger partial charge in [-0.15, -0.1) is 0 Å². The SMILES string of the molecule is CCCC(C)=CC[C@@H](C)C(=O)O. The lowest BCUT2D eigenvalue weighted by Crippen LogP contribution is -2.07. The van der Waals surface area contributed by atoms with Crippen molar-refractivity contribution in [2.45, 2.75) is 40.0 Å². The molecule has 70 valence electrons. The van der Waals surface area contributed by atoms with Gasteiger partial charge in [0, 0.05) is 0 Å². The van der Waals surface area contributed by atoms with E-state index in [1.54, 1.807) is 6.92 Å². The second kappa shape index (κ2) is 5.81. The Hall–Kier alpha value is -0.790. The number of allylic oxidation sites excluding steroid dienone is 2. The molecule has 0 bridgehead atoms. The van der Waals surface area contributed by atoms with Gasteiger partial charge in [0.2, 0.25) is 0 Å². The first-order valence-corrected chi connectivity index (χ1v) is 4.46. The molecule has 1 N–H and O–H groups in total. The summed E-state index contributed by atoms with van der Waals surface area (Å²) < 4.78 is 0. The minimum Gasteiger partial charge on any atom is -0.481 e. The number of carbonyl (C=O) groups is 1. The number of aliphatic carboxylic acids is 1. The normalized spacial score (nSPS) is 14.4. The predicted molar refractivity (Wildman–Crippen MR) is 50.1 cm³/mol. The van der Waals surface area contributed by atoms with Crippen molar-refractivity contribution in [2.75, 3.05) is 0 Å². The summed E-state index contributed by atoms with van der Waals surface area (Å²) in [5.41, 5.74) is 1.30. The molecule has 0 aromatic rings. The second-order valence-corrected chi connectivity index (χ2v) is 3.28. The standard InChI is InChI=1S/C10H18O2/c1-4-5-8(2)6-7-9(3)10(11)12/h6,9H,4-5,7H2,1-3H3,(H,11,12)/t9-/m1/s1. The van der Waals surface area contributed by atoms with Crippen molar-refractivity contribution >= 4 is 5.97 Å². The number of hydrogen-bond acceptors (Lipinski definition) is 1. The molecule has 0 spiro atoms. The molecule has 0 aromatic heterocycles. The van der Waals surface area contributed by atoms with Crippen LogP contribution in [0.1, 0.15) is 40.0 Å². The summed E-state index contributed by atoms with van der Waals surface area (Å²) in [7, 11) is 0. The van der Waals surface area contributed by atoms with Crippen molar-refractivity contribution in [3.8, 4) is 0 Å². The zero-order valence-corrected chi connectivity index (χ0v) is 8.13. The average Bonchev–Trinajstić information content (AvgIpc) is 2.00. The van der Waals surface area contributed by atoms with Crippen LogP contribution in [0.4, 0.5) is 0 Å². The minimum absolute atomic E-state index is 0.253. The molecule has 0 saturated carbocycles. The van der Waals surface area contributed by atoms with E-state index in [0.29, 0.717) is 6.42 Å². The Morgan fingerprint density at radius 3 is 2.58 bits per heavy atom. The molecule has 0 aliphatic rings. The van der Waals surface area contributed by atoms with Gasteiger partial charge in [-0.1, -0.05) is 31.9 Å². The van der Waals surface area contributed by atoms with Crippen LogP contribution in [0.15, 0.2) is 11.6 Å². The second-order valence-electron chi connectivity index (χ2n) is 3.28. The van der Waals surface area contributed by atoms with Crippen molar-refractivity contribution in [1.82, 2.24) is 0 Å². The fourth-order valence-electron chi connectivity index (χ4n) is 0.975. The summed E-state index contributed by atoms with van der Waals surface area (Å²) in [5.74, 6) is -0.965. The largest absolute Gasteiger partial charge is 0.481 e. The molecule has 0 amide bonds. The molecule has 0 rings (SSSR count). The molecule has 0 fully saturated rings. The lowest BCUT2D eigenvalue weighted by molar-refractivity contribution is -0.140. The highest BCUT2D eigenvalue weighted by atomic mass is 16.4. The number of rotatable bonds is 5. The zero-order valence-electron chi connectivity index (χ0n) is 8.13. The molecule has 0 aliphatic heterocycles. The fourth-order valence-corrected chi connectivity index (χ4v) is 0.975. The predicted octanol–water partition coefficient (Wildman–Crippen LogP) is 2.84. The fraction of sp³-hybridized carbons (Fsp3) is 0.700. The van der Waals surface area contributed by atoms with Crippen LogP contribution in [-0.2, 0) is 4.79 Å². The van der Waals surface area contributed by atoms with Crippen LogP contribution in [0.2, 0.25) is 0 Å². The van der Waals surface area contributed by atoms with E-state index >= 15 is 0 Å². The molecule has 2 nitrogen and oxygen atoms in total. The summed E-state index contributed by atoms with van der Waals surface area (Å²) in [4.78, 5) is 10.4. The highest BCUT2D eigenvalue weighted by Crippen LogP contribution is 2.09. The van der Waals surface area contributed by atoms with Gasteiger partial charge in [0.15, 0.2) is 0 Å². The lowest BCUT2D eigenvalue weighted by atomic mass is 10.0. The van der Waals surface area contributed by atoms with Gasteiger partial charge < -0.3 is 5.11 Å². The van der Waals surface area contributed by atoms with E-state index in [9.17, 15) is 4.79 Å². The summed E-state index contributed by atoms with van der Waals surface area (Å²) >= 11 is 0. The van der Waals surface area contributed by atoms with E-state index in [4.69, 9.17) is 5.11 Å². The van der Waals surface area contributed by atoms with Crippen LogP contribution < -0.4 is 0 Å². The Bertz CT molecular complexity index is 171. The Kier molecular flexibility index (Phi) is 5.43. The summed E-state index contributed by atoms with van der Waals surface area (Å²) in [6, 6.07) is 0. The van der Waals surface area contributed by atoms with Gasteiger partial charge in [-0.25, -0.2) is 0 Å². The maximum atomic E-state index is 10.4. The van der Waals surface area contributed by atoms with Crippen molar-refractivity contribution in [3.63, 3.8) is 0 Å². The number of hydrogen-bond donors (Lipinski definition) is 1. The van der Waals surface area contributed by atoms with Crippen molar-refractivity contribution in [2.24, 2.45) is 5.92 Å². The first kappa shape index (κ1) is 11.2. The highest BCUT2D eigenvalue weighted by Gasteiger charge is 2.07. The number of carboxylic acid groups (broad SMARTS) is 1. The summed E-state index contributed by atoms with van der Waals surface area (Å²) in [5, 5.41) is 8.60. The summed E-state index contributed by atoms with van der Waals surface area (Å²) in [6.07, 6.45) is 4.89. The lowest BCUT2D eigenvalue weighted by Gasteiger charge is -2.02. The monoisotopic (exact) mass is 170 g/mol. The van der Waals surface area contributed by atoms with Crippen molar-refractivity contribution in [3.05, 3.63) is 11.6 Å². The quantitative estimate of drug-likeness (QED) is 0.644. The molecule has 0 aliphatic carbocycles. The smallest absolute Gasteiger partial charge is 0.306 e.